The largest absolute Gasteiger partial charge is 0.383 e. The highest BCUT2D eigenvalue weighted by Crippen LogP contribution is 2.15. The number of methoxy groups -OCH3 is 1. The molecule has 1 rings (SSSR count). The Balaban J connectivity index is 2.59. The first kappa shape index (κ1) is 14.9. The second-order valence-corrected chi connectivity index (χ2v) is 5.72. The molecule has 0 aromatic carbocycles. The second kappa shape index (κ2) is 8.06. The lowest BCUT2D eigenvalue weighted by Gasteiger charge is -2.37. The zero-order valence-electron chi connectivity index (χ0n) is 12.0. The molecule has 1 aliphatic rings. The zero-order valence-corrected chi connectivity index (χ0v) is 12.0. The topological polar surface area (TPSA) is 24.5 Å². The summed E-state index contributed by atoms with van der Waals surface area (Å²) in [4.78, 5) is 2.66. The fraction of sp³-hybridized carbons (Fsp3) is 1.00. The van der Waals surface area contributed by atoms with Crippen molar-refractivity contribution in [2.45, 2.75) is 39.7 Å². The minimum absolute atomic E-state index is 0.605. The molecule has 0 amide bonds. The fourth-order valence-electron chi connectivity index (χ4n) is 2.78. The van der Waals surface area contributed by atoms with E-state index in [0.717, 1.165) is 31.5 Å². The van der Waals surface area contributed by atoms with Crippen LogP contribution in [0.15, 0.2) is 0 Å². The molecule has 0 bridgehead atoms. The summed E-state index contributed by atoms with van der Waals surface area (Å²) in [6, 6.07) is 0.605. The molecular weight excluding hydrogens is 212 g/mol. The molecule has 3 heteroatoms. The van der Waals surface area contributed by atoms with Crippen LogP contribution in [0.1, 0.15) is 33.6 Å². The minimum Gasteiger partial charge on any atom is -0.383 e. The lowest BCUT2D eigenvalue weighted by atomic mass is 10.0. The first-order chi connectivity index (χ1) is 8.17. The normalized spacial score (nSPS) is 29.6. The predicted octanol–water partition coefficient (Wildman–Crippen LogP) is 1.98. The molecule has 3 nitrogen and oxygen atoms in total. The molecule has 0 aliphatic carbocycles. The van der Waals surface area contributed by atoms with Gasteiger partial charge in [0.15, 0.2) is 0 Å². The van der Waals surface area contributed by atoms with E-state index in [1.807, 2.05) is 7.11 Å². The number of ether oxygens (including phenoxy) is 1. The molecule has 0 radical (unpaired) electrons. The van der Waals surface area contributed by atoms with Crippen LogP contribution in [0.2, 0.25) is 0 Å². The van der Waals surface area contributed by atoms with Crippen molar-refractivity contribution in [1.82, 2.24) is 10.2 Å². The van der Waals surface area contributed by atoms with Crippen molar-refractivity contribution < 1.29 is 4.74 Å². The first-order valence-corrected chi connectivity index (χ1v) is 7.11. The Morgan fingerprint density at radius 3 is 2.29 bits per heavy atom. The molecule has 3 unspecified atom stereocenters. The molecule has 1 N–H and O–H groups in total. The monoisotopic (exact) mass is 242 g/mol. The summed E-state index contributed by atoms with van der Waals surface area (Å²) in [5.41, 5.74) is 0. The fourth-order valence-corrected chi connectivity index (χ4v) is 2.78. The Labute approximate surface area is 107 Å². The summed E-state index contributed by atoms with van der Waals surface area (Å²) in [6.07, 6.45) is 2.49. The summed E-state index contributed by atoms with van der Waals surface area (Å²) in [7, 11) is 1.82. The van der Waals surface area contributed by atoms with Gasteiger partial charge < -0.3 is 10.1 Å². The van der Waals surface area contributed by atoms with Gasteiger partial charge in [0.05, 0.1) is 6.61 Å². The van der Waals surface area contributed by atoms with Gasteiger partial charge in [-0.25, -0.2) is 0 Å². The van der Waals surface area contributed by atoms with Gasteiger partial charge in [0, 0.05) is 26.2 Å². The molecule has 0 aromatic rings. The Bertz CT molecular complexity index is 181. The quantitative estimate of drug-likeness (QED) is 0.798. The van der Waals surface area contributed by atoms with Crippen molar-refractivity contribution in [3.05, 3.63) is 0 Å². The lowest BCUT2D eigenvalue weighted by Crippen LogP contribution is -2.48. The predicted molar refractivity (Wildman–Crippen MR) is 73.3 cm³/mol. The number of hydrogen-bond acceptors (Lipinski definition) is 3. The highest BCUT2D eigenvalue weighted by molar-refractivity contribution is 4.78. The maximum Gasteiger partial charge on any atom is 0.0618 e. The van der Waals surface area contributed by atoms with Gasteiger partial charge in [0.1, 0.15) is 0 Å². The number of nitrogens with one attached hydrogen (secondary N) is 1. The van der Waals surface area contributed by atoms with Crippen molar-refractivity contribution in [3.63, 3.8) is 0 Å². The van der Waals surface area contributed by atoms with E-state index >= 15 is 0 Å². The van der Waals surface area contributed by atoms with Gasteiger partial charge in [-0.05, 0) is 31.3 Å². The van der Waals surface area contributed by atoms with Crippen LogP contribution in [0.3, 0.4) is 0 Å². The molecule has 3 atom stereocenters. The van der Waals surface area contributed by atoms with Crippen molar-refractivity contribution >= 4 is 0 Å². The maximum atomic E-state index is 5.40. The van der Waals surface area contributed by atoms with Gasteiger partial charge in [-0.15, -0.1) is 0 Å². The Kier molecular flexibility index (Phi) is 7.09. The second-order valence-electron chi connectivity index (χ2n) is 5.72. The van der Waals surface area contributed by atoms with Gasteiger partial charge in [0.25, 0.3) is 0 Å². The molecular formula is C14H30N2O. The van der Waals surface area contributed by atoms with E-state index in [1.165, 1.54) is 25.9 Å². The van der Waals surface area contributed by atoms with Gasteiger partial charge in [-0.1, -0.05) is 27.2 Å². The van der Waals surface area contributed by atoms with Crippen LogP contribution >= 0.6 is 0 Å². The number of rotatable bonds is 5. The van der Waals surface area contributed by atoms with Crippen LogP contribution in [0, 0.1) is 11.8 Å². The van der Waals surface area contributed by atoms with E-state index in [0.29, 0.717) is 6.04 Å². The SMILES string of the molecule is CCCC(COC)N1CC(C)CNCC(C)C1. The minimum atomic E-state index is 0.605. The molecule has 1 heterocycles. The summed E-state index contributed by atoms with van der Waals surface area (Å²) >= 11 is 0. The standard InChI is InChI=1S/C14H30N2O/c1-5-6-14(11-17-4)16-9-12(2)7-15-8-13(3)10-16/h12-15H,5-11H2,1-4H3. The van der Waals surface area contributed by atoms with E-state index in [1.54, 1.807) is 0 Å². The molecule has 0 saturated carbocycles. The molecule has 1 saturated heterocycles. The average molecular weight is 242 g/mol. The van der Waals surface area contributed by atoms with E-state index in [2.05, 4.69) is 31.0 Å². The smallest absolute Gasteiger partial charge is 0.0618 e. The van der Waals surface area contributed by atoms with Gasteiger partial charge in [-0.2, -0.15) is 0 Å². The van der Waals surface area contributed by atoms with Crippen LogP contribution in [0.5, 0.6) is 0 Å². The Hall–Kier alpha value is -0.120. The number of nitrogens with zero attached hydrogens (tertiary/aromatic N) is 1. The van der Waals surface area contributed by atoms with Crippen LogP contribution in [-0.2, 0) is 4.74 Å². The summed E-state index contributed by atoms with van der Waals surface area (Å²) in [5.74, 6) is 1.47. The van der Waals surface area contributed by atoms with Gasteiger partial charge in [-0.3, -0.25) is 4.90 Å². The van der Waals surface area contributed by atoms with E-state index in [4.69, 9.17) is 4.74 Å². The van der Waals surface area contributed by atoms with Crippen molar-refractivity contribution in [2.24, 2.45) is 11.8 Å². The van der Waals surface area contributed by atoms with Crippen molar-refractivity contribution in [2.75, 3.05) is 39.9 Å². The molecule has 102 valence electrons. The van der Waals surface area contributed by atoms with Crippen LogP contribution in [0.4, 0.5) is 0 Å². The first-order valence-electron chi connectivity index (χ1n) is 7.11. The van der Waals surface area contributed by atoms with E-state index < -0.39 is 0 Å². The molecule has 0 aromatic heterocycles. The van der Waals surface area contributed by atoms with E-state index in [9.17, 15) is 0 Å². The highest BCUT2D eigenvalue weighted by atomic mass is 16.5. The lowest BCUT2D eigenvalue weighted by molar-refractivity contribution is 0.0601. The summed E-state index contributed by atoms with van der Waals surface area (Å²) < 4.78 is 5.40. The average Bonchev–Trinajstić information content (AvgIpc) is 2.25. The van der Waals surface area contributed by atoms with Crippen molar-refractivity contribution in [3.8, 4) is 0 Å². The van der Waals surface area contributed by atoms with Gasteiger partial charge >= 0.3 is 0 Å². The molecule has 1 aliphatic heterocycles. The summed E-state index contributed by atoms with van der Waals surface area (Å²) in [6.45, 7) is 12.5. The Morgan fingerprint density at radius 1 is 1.24 bits per heavy atom. The third kappa shape index (κ3) is 5.36. The zero-order chi connectivity index (χ0) is 12.7. The third-order valence-electron chi connectivity index (χ3n) is 3.58. The summed E-state index contributed by atoms with van der Waals surface area (Å²) in [5, 5.41) is 3.55. The van der Waals surface area contributed by atoms with Crippen molar-refractivity contribution in [1.29, 1.82) is 0 Å². The van der Waals surface area contributed by atoms with E-state index in [-0.39, 0.29) is 0 Å². The third-order valence-corrected chi connectivity index (χ3v) is 3.58. The maximum absolute atomic E-state index is 5.40. The van der Waals surface area contributed by atoms with Crippen LogP contribution in [-0.4, -0.2) is 50.8 Å². The highest BCUT2D eigenvalue weighted by Gasteiger charge is 2.23. The van der Waals surface area contributed by atoms with Crippen LogP contribution < -0.4 is 5.32 Å². The van der Waals surface area contributed by atoms with Crippen LogP contribution in [0.25, 0.3) is 0 Å². The molecule has 0 spiro atoms. The Morgan fingerprint density at radius 2 is 1.82 bits per heavy atom. The van der Waals surface area contributed by atoms with Gasteiger partial charge in [0.2, 0.25) is 0 Å². The molecule has 17 heavy (non-hydrogen) atoms. The number of hydrogen-bond donors (Lipinski definition) is 1. The molecule has 1 fully saturated rings.